The monoisotopic (exact) mass is 557 g/mol. The van der Waals surface area contributed by atoms with Crippen molar-refractivity contribution in [3.63, 3.8) is 0 Å². The van der Waals surface area contributed by atoms with Gasteiger partial charge < -0.3 is 20.3 Å². The number of anilines is 1. The summed E-state index contributed by atoms with van der Waals surface area (Å²) in [5.41, 5.74) is 7.33. The number of hydrogen-bond acceptors (Lipinski definition) is 5. The van der Waals surface area contributed by atoms with E-state index in [2.05, 4.69) is 53.2 Å². The number of nitrogens with zero attached hydrogens (tertiary/aromatic N) is 3. The van der Waals surface area contributed by atoms with E-state index in [1.54, 1.807) is 0 Å². The molecule has 1 amide bonds. The number of aryl methyl sites for hydroxylation is 1. The van der Waals surface area contributed by atoms with Gasteiger partial charge in [-0.25, -0.2) is 4.98 Å². The van der Waals surface area contributed by atoms with E-state index in [1.165, 1.54) is 16.6 Å². The SMILES string of the molecule is CCCCCC(=O)O.Cc1[nH]c2ccc(NC(=O)C3CCCC3)cc2c1CCN(C)Cc1cnc2ccccc2n1. The van der Waals surface area contributed by atoms with E-state index >= 15 is 0 Å². The fourth-order valence-corrected chi connectivity index (χ4v) is 5.47. The Morgan fingerprint density at radius 2 is 1.85 bits per heavy atom. The smallest absolute Gasteiger partial charge is 0.303 e. The van der Waals surface area contributed by atoms with Crippen LogP contribution in [0.15, 0.2) is 48.7 Å². The lowest BCUT2D eigenvalue weighted by Crippen LogP contribution is -2.21. The van der Waals surface area contributed by atoms with Gasteiger partial charge in [0.25, 0.3) is 0 Å². The molecule has 8 nitrogen and oxygen atoms in total. The molecule has 0 spiro atoms. The minimum atomic E-state index is -0.682. The van der Waals surface area contributed by atoms with Crippen LogP contribution in [0.5, 0.6) is 0 Å². The van der Waals surface area contributed by atoms with E-state index in [-0.39, 0.29) is 11.8 Å². The molecular weight excluding hydrogens is 514 g/mol. The van der Waals surface area contributed by atoms with Gasteiger partial charge in [0.05, 0.1) is 22.9 Å². The third-order valence-corrected chi connectivity index (χ3v) is 7.78. The zero-order chi connectivity index (χ0) is 29.2. The molecule has 41 heavy (non-hydrogen) atoms. The van der Waals surface area contributed by atoms with Crippen molar-refractivity contribution in [2.45, 2.75) is 78.2 Å². The molecule has 0 bridgehead atoms. The number of unbranched alkanes of at least 4 members (excludes halogenated alkanes) is 2. The van der Waals surface area contributed by atoms with Crippen molar-refractivity contribution in [3.8, 4) is 0 Å². The van der Waals surface area contributed by atoms with Crippen LogP contribution in [0.3, 0.4) is 0 Å². The van der Waals surface area contributed by atoms with Gasteiger partial charge in [0.15, 0.2) is 0 Å². The van der Waals surface area contributed by atoms with Gasteiger partial charge in [-0.05, 0) is 75.5 Å². The molecule has 5 rings (SSSR count). The average Bonchev–Trinajstić information content (AvgIpc) is 3.60. The maximum atomic E-state index is 12.6. The number of nitrogens with one attached hydrogen (secondary N) is 2. The van der Waals surface area contributed by atoms with Crippen LogP contribution >= 0.6 is 0 Å². The van der Waals surface area contributed by atoms with E-state index in [1.807, 2.05) is 36.5 Å². The predicted molar refractivity (Wildman–Crippen MR) is 165 cm³/mol. The number of aromatic nitrogens is 3. The van der Waals surface area contributed by atoms with E-state index in [4.69, 9.17) is 10.1 Å². The Balaban J connectivity index is 0.000000426. The zero-order valence-corrected chi connectivity index (χ0v) is 24.6. The van der Waals surface area contributed by atoms with Crippen molar-refractivity contribution < 1.29 is 14.7 Å². The van der Waals surface area contributed by atoms with E-state index in [0.717, 1.165) is 92.4 Å². The maximum absolute atomic E-state index is 12.6. The quantitative estimate of drug-likeness (QED) is 0.174. The molecule has 8 heteroatoms. The van der Waals surface area contributed by atoms with Gasteiger partial charge in [-0.3, -0.25) is 14.6 Å². The first-order chi connectivity index (χ1) is 19.8. The summed E-state index contributed by atoms with van der Waals surface area (Å²) in [7, 11) is 2.12. The Morgan fingerprint density at radius 3 is 2.59 bits per heavy atom. The lowest BCUT2D eigenvalue weighted by atomic mass is 10.1. The van der Waals surface area contributed by atoms with Crippen LogP contribution in [0.4, 0.5) is 5.69 Å². The fourth-order valence-electron chi connectivity index (χ4n) is 5.47. The number of amides is 1. The largest absolute Gasteiger partial charge is 0.481 e. The molecule has 4 aromatic rings. The minimum Gasteiger partial charge on any atom is -0.481 e. The molecule has 0 aliphatic heterocycles. The van der Waals surface area contributed by atoms with Crippen molar-refractivity contribution in [1.82, 2.24) is 19.9 Å². The molecule has 1 aliphatic carbocycles. The summed E-state index contributed by atoms with van der Waals surface area (Å²) in [5.74, 6) is -0.352. The van der Waals surface area contributed by atoms with Crippen LogP contribution in [-0.4, -0.2) is 50.4 Å². The Hall–Kier alpha value is -3.78. The van der Waals surface area contributed by atoms with E-state index < -0.39 is 5.97 Å². The van der Waals surface area contributed by atoms with Gasteiger partial charge in [-0.1, -0.05) is 44.7 Å². The number of likely N-dealkylation sites (N-methyl/N-ethyl adjacent to an activating group) is 1. The molecule has 2 aromatic heterocycles. The van der Waals surface area contributed by atoms with Crippen LogP contribution in [0, 0.1) is 12.8 Å². The second-order valence-electron chi connectivity index (χ2n) is 11.1. The molecule has 2 heterocycles. The van der Waals surface area contributed by atoms with Crippen molar-refractivity contribution in [1.29, 1.82) is 0 Å². The molecule has 3 N–H and O–H groups in total. The number of carboxylic acid groups (broad SMARTS) is 1. The first kappa shape index (κ1) is 30.2. The topological polar surface area (TPSA) is 111 Å². The van der Waals surface area contributed by atoms with Crippen LogP contribution in [0.2, 0.25) is 0 Å². The van der Waals surface area contributed by atoms with E-state index in [0.29, 0.717) is 6.42 Å². The summed E-state index contributed by atoms with van der Waals surface area (Å²) < 4.78 is 0. The number of carbonyl (C=O) groups excluding carboxylic acids is 1. The van der Waals surface area contributed by atoms with Crippen LogP contribution < -0.4 is 5.32 Å². The fraction of sp³-hybridized carbons (Fsp3) is 0.455. The maximum Gasteiger partial charge on any atom is 0.303 e. The number of carboxylic acids is 1. The third kappa shape index (κ3) is 8.60. The molecule has 0 unspecified atom stereocenters. The summed E-state index contributed by atoms with van der Waals surface area (Å²) in [4.78, 5) is 37.5. The number of benzene rings is 2. The average molecular weight is 558 g/mol. The predicted octanol–water partition coefficient (Wildman–Crippen LogP) is 6.87. The van der Waals surface area contributed by atoms with Gasteiger partial charge in [0, 0.05) is 47.7 Å². The lowest BCUT2D eigenvalue weighted by Gasteiger charge is -2.16. The van der Waals surface area contributed by atoms with Gasteiger partial charge in [-0.2, -0.15) is 0 Å². The summed E-state index contributed by atoms with van der Waals surface area (Å²) in [6, 6.07) is 14.2. The first-order valence-corrected chi connectivity index (χ1v) is 14.9. The number of aliphatic carboxylic acids is 1. The summed E-state index contributed by atoms with van der Waals surface area (Å²) in [6.45, 7) is 5.84. The van der Waals surface area contributed by atoms with Crippen LogP contribution in [0.25, 0.3) is 21.9 Å². The number of aromatic amines is 1. The van der Waals surface area contributed by atoms with E-state index in [9.17, 15) is 9.59 Å². The van der Waals surface area contributed by atoms with Crippen LogP contribution in [-0.2, 0) is 22.6 Å². The van der Waals surface area contributed by atoms with Gasteiger partial charge >= 0.3 is 5.97 Å². The Kier molecular flexibility index (Phi) is 10.8. The summed E-state index contributed by atoms with van der Waals surface area (Å²) in [5, 5.41) is 12.5. The number of H-pyrrole nitrogens is 1. The Labute approximate surface area is 242 Å². The molecule has 1 aliphatic rings. The second-order valence-corrected chi connectivity index (χ2v) is 11.1. The lowest BCUT2D eigenvalue weighted by molar-refractivity contribution is -0.137. The molecule has 0 radical (unpaired) electrons. The molecule has 1 fully saturated rings. The Bertz CT molecular complexity index is 1460. The van der Waals surface area contributed by atoms with Gasteiger partial charge in [-0.15, -0.1) is 0 Å². The zero-order valence-electron chi connectivity index (χ0n) is 24.6. The van der Waals surface area contributed by atoms with Crippen molar-refractivity contribution in [2.24, 2.45) is 5.92 Å². The molecule has 218 valence electrons. The van der Waals surface area contributed by atoms with Crippen molar-refractivity contribution in [3.05, 3.63) is 65.6 Å². The number of carbonyl (C=O) groups is 2. The summed E-state index contributed by atoms with van der Waals surface area (Å²) >= 11 is 0. The van der Waals surface area contributed by atoms with Gasteiger partial charge in [0.1, 0.15) is 0 Å². The third-order valence-electron chi connectivity index (χ3n) is 7.78. The number of rotatable bonds is 11. The minimum absolute atomic E-state index is 0.164. The highest BCUT2D eigenvalue weighted by atomic mass is 16.4. The van der Waals surface area contributed by atoms with Gasteiger partial charge in [0.2, 0.25) is 5.91 Å². The number of para-hydroxylation sites is 2. The molecular formula is C33H43N5O3. The van der Waals surface area contributed by atoms with Crippen LogP contribution in [0.1, 0.15) is 75.2 Å². The highest BCUT2D eigenvalue weighted by Crippen LogP contribution is 2.29. The Morgan fingerprint density at radius 1 is 1.10 bits per heavy atom. The molecule has 1 saturated carbocycles. The second kappa shape index (κ2) is 14.7. The normalized spacial score (nSPS) is 13.5. The first-order valence-electron chi connectivity index (χ1n) is 14.9. The number of fused-ring (bicyclic) bond motifs is 2. The summed E-state index contributed by atoms with van der Waals surface area (Å²) in [6.07, 6.45) is 10.4. The highest BCUT2D eigenvalue weighted by molar-refractivity contribution is 5.96. The molecule has 2 aromatic carbocycles. The van der Waals surface area contributed by atoms with Crippen molar-refractivity contribution >= 4 is 39.5 Å². The molecule has 0 atom stereocenters. The number of hydrogen-bond donors (Lipinski definition) is 3. The molecule has 0 saturated heterocycles. The van der Waals surface area contributed by atoms with Crippen molar-refractivity contribution in [2.75, 3.05) is 18.9 Å². The highest BCUT2D eigenvalue weighted by Gasteiger charge is 2.23. The standard InChI is InChI=1S/C27H31N5O.C6H12O2/c1-18-22(13-14-32(2)17-21-16-28-25-9-5-6-10-26(25)30-21)23-15-20(11-12-24(23)29-18)31-27(33)19-7-3-4-8-19;1-2-3-4-5-6(7)8/h5-6,9-12,15-16,19,29H,3-4,7-8,13-14,17H2,1-2H3,(H,31,33);2-5H2,1H3,(H,7,8).